The van der Waals surface area contributed by atoms with Crippen LogP contribution in [0.25, 0.3) is 0 Å². The van der Waals surface area contributed by atoms with Gasteiger partial charge >= 0.3 is 0 Å². The standard InChI is InChI=1S/C17H31N3O/c1-14(2)18-11-15-7-8-16(21-15)12-20(5)13-17(19(3)4)9-6-10-17/h7-8,14,18H,6,9-13H2,1-5H3. The number of nitrogens with one attached hydrogen (secondary N) is 1. The van der Waals surface area contributed by atoms with Crippen LogP contribution in [0.2, 0.25) is 0 Å². The van der Waals surface area contributed by atoms with E-state index in [1.54, 1.807) is 0 Å². The first-order chi connectivity index (χ1) is 9.91. The van der Waals surface area contributed by atoms with Gasteiger partial charge in [0.25, 0.3) is 0 Å². The Kier molecular flexibility index (Phi) is 5.47. The van der Waals surface area contributed by atoms with Crippen LogP contribution in [0.15, 0.2) is 16.5 Å². The lowest BCUT2D eigenvalue weighted by Gasteiger charge is -2.49. The molecule has 4 heteroatoms. The summed E-state index contributed by atoms with van der Waals surface area (Å²) in [5.74, 6) is 2.09. The molecule has 0 aromatic carbocycles. The molecule has 1 saturated carbocycles. The lowest BCUT2D eigenvalue weighted by atomic mass is 9.75. The molecule has 4 nitrogen and oxygen atoms in total. The summed E-state index contributed by atoms with van der Waals surface area (Å²) < 4.78 is 5.91. The highest BCUT2D eigenvalue weighted by Crippen LogP contribution is 2.36. The number of furan rings is 1. The second kappa shape index (κ2) is 6.95. The molecule has 1 heterocycles. The molecule has 0 atom stereocenters. The number of likely N-dealkylation sites (N-methyl/N-ethyl adjacent to an activating group) is 2. The van der Waals surface area contributed by atoms with Gasteiger partial charge in [-0.1, -0.05) is 13.8 Å². The largest absolute Gasteiger partial charge is 0.463 e. The van der Waals surface area contributed by atoms with Gasteiger partial charge in [-0.15, -0.1) is 0 Å². The van der Waals surface area contributed by atoms with Crippen molar-refractivity contribution in [2.24, 2.45) is 0 Å². The third kappa shape index (κ3) is 4.31. The monoisotopic (exact) mass is 293 g/mol. The van der Waals surface area contributed by atoms with E-state index in [2.05, 4.69) is 62.2 Å². The summed E-state index contributed by atoms with van der Waals surface area (Å²) >= 11 is 0. The Hall–Kier alpha value is -0.840. The SMILES string of the molecule is CC(C)NCc1ccc(CN(C)CC2(N(C)C)CCC2)o1. The fourth-order valence-electron chi connectivity index (χ4n) is 3.06. The number of nitrogens with zero attached hydrogens (tertiary/aromatic N) is 2. The van der Waals surface area contributed by atoms with E-state index in [-0.39, 0.29) is 0 Å². The highest BCUT2D eigenvalue weighted by Gasteiger charge is 2.39. The highest BCUT2D eigenvalue weighted by atomic mass is 16.3. The minimum absolute atomic E-state index is 0.378. The minimum Gasteiger partial charge on any atom is -0.463 e. The Morgan fingerprint density at radius 3 is 2.38 bits per heavy atom. The normalized spacial score (nSPS) is 17.7. The first-order valence-electron chi connectivity index (χ1n) is 8.08. The summed E-state index contributed by atoms with van der Waals surface area (Å²) in [7, 11) is 6.60. The molecule has 1 aliphatic carbocycles. The Morgan fingerprint density at radius 1 is 1.19 bits per heavy atom. The maximum Gasteiger partial charge on any atom is 0.118 e. The molecule has 0 radical (unpaired) electrons. The number of rotatable bonds is 8. The maximum atomic E-state index is 5.91. The van der Waals surface area contributed by atoms with Gasteiger partial charge in [-0.05, 0) is 52.5 Å². The van der Waals surface area contributed by atoms with Gasteiger partial charge in [0.05, 0.1) is 13.1 Å². The van der Waals surface area contributed by atoms with Crippen molar-refractivity contribution < 1.29 is 4.42 Å². The van der Waals surface area contributed by atoms with Crippen molar-refractivity contribution in [1.29, 1.82) is 0 Å². The molecule has 0 unspecified atom stereocenters. The highest BCUT2D eigenvalue weighted by molar-refractivity contribution is 5.07. The zero-order valence-corrected chi connectivity index (χ0v) is 14.3. The van der Waals surface area contributed by atoms with E-state index >= 15 is 0 Å². The van der Waals surface area contributed by atoms with Crippen molar-refractivity contribution in [1.82, 2.24) is 15.1 Å². The Labute approximate surface area is 129 Å². The fraction of sp³-hybridized carbons (Fsp3) is 0.765. The molecule has 1 aliphatic rings. The molecule has 1 fully saturated rings. The maximum absolute atomic E-state index is 5.91. The van der Waals surface area contributed by atoms with Crippen molar-refractivity contribution >= 4 is 0 Å². The van der Waals surface area contributed by atoms with Gasteiger partial charge in [-0.2, -0.15) is 0 Å². The predicted octanol–water partition coefficient (Wildman–Crippen LogP) is 2.69. The van der Waals surface area contributed by atoms with E-state index in [1.807, 2.05) is 0 Å². The van der Waals surface area contributed by atoms with Crippen molar-refractivity contribution in [3.05, 3.63) is 23.7 Å². The lowest BCUT2D eigenvalue weighted by molar-refractivity contribution is 0.0243. The van der Waals surface area contributed by atoms with E-state index in [1.165, 1.54) is 19.3 Å². The van der Waals surface area contributed by atoms with Crippen molar-refractivity contribution in [3.63, 3.8) is 0 Å². The van der Waals surface area contributed by atoms with Gasteiger partial charge in [0.15, 0.2) is 0 Å². The second-order valence-electron chi connectivity index (χ2n) is 7.05. The molecule has 1 aromatic rings. The molecular formula is C17H31N3O. The van der Waals surface area contributed by atoms with Crippen LogP contribution >= 0.6 is 0 Å². The molecule has 2 rings (SSSR count). The minimum atomic E-state index is 0.378. The molecule has 21 heavy (non-hydrogen) atoms. The number of hydrogen-bond donors (Lipinski definition) is 1. The summed E-state index contributed by atoms with van der Waals surface area (Å²) in [4.78, 5) is 4.78. The summed E-state index contributed by atoms with van der Waals surface area (Å²) in [5.41, 5.74) is 0.378. The summed E-state index contributed by atoms with van der Waals surface area (Å²) in [6, 6.07) is 4.68. The quantitative estimate of drug-likeness (QED) is 0.798. The Bertz CT molecular complexity index is 435. The van der Waals surface area contributed by atoms with Crippen LogP contribution in [0.1, 0.15) is 44.6 Å². The van der Waals surface area contributed by atoms with Crippen molar-refractivity contribution in [3.8, 4) is 0 Å². The average molecular weight is 293 g/mol. The van der Waals surface area contributed by atoms with E-state index in [9.17, 15) is 0 Å². The van der Waals surface area contributed by atoms with Gasteiger partial charge in [0, 0.05) is 18.1 Å². The molecule has 0 amide bonds. The van der Waals surface area contributed by atoms with Crippen molar-refractivity contribution in [2.75, 3.05) is 27.7 Å². The summed E-state index contributed by atoms with van der Waals surface area (Å²) in [6.45, 7) is 7.11. The second-order valence-corrected chi connectivity index (χ2v) is 7.05. The van der Waals surface area contributed by atoms with Crippen LogP contribution in [0.3, 0.4) is 0 Å². The van der Waals surface area contributed by atoms with Crippen LogP contribution in [0.5, 0.6) is 0 Å². The third-order valence-electron chi connectivity index (χ3n) is 4.62. The molecule has 120 valence electrons. The van der Waals surface area contributed by atoms with Gasteiger partial charge in [0.2, 0.25) is 0 Å². The lowest BCUT2D eigenvalue weighted by Crippen LogP contribution is -2.56. The van der Waals surface area contributed by atoms with Gasteiger partial charge in [-0.3, -0.25) is 4.90 Å². The molecule has 0 spiro atoms. The molecule has 0 aliphatic heterocycles. The topological polar surface area (TPSA) is 31.6 Å². The van der Waals surface area contributed by atoms with E-state index in [0.717, 1.165) is 31.2 Å². The molecular weight excluding hydrogens is 262 g/mol. The molecule has 0 bridgehead atoms. The predicted molar refractivity (Wildman–Crippen MR) is 87.3 cm³/mol. The van der Waals surface area contributed by atoms with E-state index < -0.39 is 0 Å². The zero-order chi connectivity index (χ0) is 15.5. The van der Waals surface area contributed by atoms with Crippen LogP contribution < -0.4 is 5.32 Å². The Morgan fingerprint density at radius 2 is 1.86 bits per heavy atom. The molecule has 0 saturated heterocycles. The third-order valence-corrected chi connectivity index (χ3v) is 4.62. The first kappa shape index (κ1) is 16.5. The van der Waals surface area contributed by atoms with Crippen LogP contribution in [0.4, 0.5) is 0 Å². The van der Waals surface area contributed by atoms with Crippen molar-refractivity contribution in [2.45, 2.75) is 57.8 Å². The smallest absolute Gasteiger partial charge is 0.118 e. The summed E-state index contributed by atoms with van der Waals surface area (Å²) in [5, 5.41) is 3.39. The van der Waals surface area contributed by atoms with E-state index in [0.29, 0.717) is 11.6 Å². The summed E-state index contributed by atoms with van der Waals surface area (Å²) in [6.07, 6.45) is 3.98. The zero-order valence-electron chi connectivity index (χ0n) is 14.3. The van der Waals surface area contributed by atoms with Gasteiger partial charge < -0.3 is 14.6 Å². The van der Waals surface area contributed by atoms with Crippen LogP contribution in [-0.2, 0) is 13.1 Å². The Balaban J connectivity index is 1.84. The van der Waals surface area contributed by atoms with Crippen LogP contribution in [0, 0.1) is 0 Å². The van der Waals surface area contributed by atoms with E-state index in [4.69, 9.17) is 4.42 Å². The average Bonchev–Trinajstić information content (AvgIpc) is 2.78. The fourth-order valence-corrected chi connectivity index (χ4v) is 3.06. The first-order valence-corrected chi connectivity index (χ1v) is 8.08. The number of hydrogen-bond acceptors (Lipinski definition) is 4. The molecule has 1 aromatic heterocycles. The van der Waals surface area contributed by atoms with Gasteiger partial charge in [0.1, 0.15) is 11.5 Å². The van der Waals surface area contributed by atoms with Gasteiger partial charge in [-0.25, -0.2) is 0 Å². The van der Waals surface area contributed by atoms with Crippen LogP contribution in [-0.4, -0.2) is 49.1 Å². The molecule has 1 N–H and O–H groups in total.